The summed E-state index contributed by atoms with van der Waals surface area (Å²) in [6, 6.07) is -1.06. The van der Waals surface area contributed by atoms with Crippen LogP contribution in [0.25, 0.3) is 0 Å². The molecule has 0 bridgehead atoms. The zero-order valence-corrected chi connectivity index (χ0v) is 34.3. The molecule has 0 saturated heterocycles. The van der Waals surface area contributed by atoms with Crippen molar-refractivity contribution in [2.75, 3.05) is 5.75 Å². The molecule has 0 heterocycles. The van der Waals surface area contributed by atoms with Gasteiger partial charge in [0.1, 0.15) is 0 Å². The lowest BCUT2D eigenvalue weighted by molar-refractivity contribution is -0.122. The Morgan fingerprint density at radius 1 is 0.529 bits per heavy atom. The van der Waals surface area contributed by atoms with E-state index in [1.807, 2.05) is 6.08 Å². The number of nitrogens with one attached hydrogen (secondary N) is 1. The van der Waals surface area contributed by atoms with Gasteiger partial charge in [-0.2, -0.15) is 8.42 Å². The van der Waals surface area contributed by atoms with E-state index in [2.05, 4.69) is 43.5 Å². The summed E-state index contributed by atoms with van der Waals surface area (Å²) in [5.74, 6) is -0.985. The first-order valence-corrected chi connectivity index (χ1v) is 23.3. The predicted molar refractivity (Wildman–Crippen MR) is 221 cm³/mol. The fourth-order valence-electron chi connectivity index (χ4n) is 6.54. The van der Waals surface area contributed by atoms with Crippen LogP contribution in [-0.2, 0) is 14.9 Å². The molecule has 0 aromatic heterocycles. The molecule has 3 N–H and O–H groups in total. The van der Waals surface area contributed by atoms with Crippen LogP contribution in [0.15, 0.2) is 36.5 Å². The normalized spacial score (nSPS) is 13.6. The Labute approximate surface area is 316 Å². The van der Waals surface area contributed by atoms with Crippen molar-refractivity contribution in [1.29, 1.82) is 0 Å². The van der Waals surface area contributed by atoms with Gasteiger partial charge in [-0.15, -0.1) is 0 Å². The van der Waals surface area contributed by atoms with E-state index in [9.17, 15) is 22.9 Å². The quantitative estimate of drug-likeness (QED) is 0.0331. The Bertz CT molecular complexity index is 945. The number of aliphatic hydroxyl groups is 1. The topological polar surface area (TPSA) is 104 Å². The lowest BCUT2D eigenvalue weighted by atomic mass is 10.0. The van der Waals surface area contributed by atoms with Crippen molar-refractivity contribution >= 4 is 16.0 Å². The average molecular weight is 738 g/mol. The van der Waals surface area contributed by atoms with Crippen molar-refractivity contribution in [1.82, 2.24) is 5.32 Å². The second-order valence-corrected chi connectivity index (χ2v) is 16.5. The van der Waals surface area contributed by atoms with Gasteiger partial charge < -0.3 is 10.4 Å². The summed E-state index contributed by atoms with van der Waals surface area (Å²) in [4.78, 5) is 12.5. The number of hydrogen-bond donors (Lipinski definition) is 3. The Morgan fingerprint density at radius 2 is 0.882 bits per heavy atom. The number of rotatable bonds is 39. The van der Waals surface area contributed by atoms with Crippen molar-refractivity contribution < 1.29 is 22.9 Å². The third kappa shape index (κ3) is 39.6. The minimum absolute atomic E-state index is 0.285. The van der Waals surface area contributed by atoms with Crippen molar-refractivity contribution in [2.24, 2.45) is 0 Å². The van der Waals surface area contributed by atoms with Gasteiger partial charge in [-0.3, -0.25) is 9.35 Å². The van der Waals surface area contributed by atoms with E-state index in [0.29, 0.717) is 0 Å². The van der Waals surface area contributed by atoms with Gasteiger partial charge >= 0.3 is 0 Å². The number of unbranched alkanes of at least 4 members (excludes halogenated alkanes) is 27. The molecule has 7 heteroatoms. The standard InChI is InChI=1S/C44H83NO5S/c1-3-5-7-9-11-13-15-17-19-21-23-25-27-29-31-33-35-37-39-43(46)42(41-51(48,49)50)45-44(47)40-38-36-34-32-30-28-26-24-22-20-18-16-14-12-10-8-6-4-2/h14,16,20,22,37,39,42-43,46H,3-13,15,17-19,21,23-36,38,40-41H2,1-2H3,(H,45,47)(H,48,49,50)/b16-14-,22-20-,39-37+. The lowest BCUT2D eigenvalue weighted by Crippen LogP contribution is -2.46. The smallest absolute Gasteiger partial charge is 0.267 e. The van der Waals surface area contributed by atoms with Crippen LogP contribution in [0.5, 0.6) is 0 Å². The summed E-state index contributed by atoms with van der Waals surface area (Å²) in [6.45, 7) is 4.52. The van der Waals surface area contributed by atoms with Gasteiger partial charge in [0.2, 0.25) is 5.91 Å². The van der Waals surface area contributed by atoms with E-state index < -0.39 is 28.0 Å². The van der Waals surface area contributed by atoms with E-state index in [-0.39, 0.29) is 12.3 Å². The number of carbonyl (C=O) groups is 1. The van der Waals surface area contributed by atoms with Crippen LogP contribution in [-0.4, -0.2) is 41.9 Å². The molecule has 0 aliphatic heterocycles. The fourth-order valence-corrected chi connectivity index (χ4v) is 7.27. The van der Waals surface area contributed by atoms with Gasteiger partial charge in [0.25, 0.3) is 10.1 Å². The van der Waals surface area contributed by atoms with Crippen LogP contribution in [0.1, 0.15) is 219 Å². The minimum Gasteiger partial charge on any atom is -0.387 e. The number of allylic oxidation sites excluding steroid dienone is 5. The maximum atomic E-state index is 12.5. The summed E-state index contributed by atoms with van der Waals surface area (Å²) in [6.07, 6.45) is 49.8. The van der Waals surface area contributed by atoms with Gasteiger partial charge in [0, 0.05) is 6.42 Å². The number of amides is 1. The van der Waals surface area contributed by atoms with E-state index in [4.69, 9.17) is 0 Å². The highest BCUT2D eigenvalue weighted by atomic mass is 32.2. The summed E-state index contributed by atoms with van der Waals surface area (Å²) >= 11 is 0. The molecule has 0 rings (SSSR count). The minimum atomic E-state index is -4.35. The van der Waals surface area contributed by atoms with Gasteiger partial charge in [0.05, 0.1) is 17.9 Å². The SMILES string of the molecule is CCCCCC/C=C\C/C=C\CCCCCCCCCC(=O)NC(CS(=O)(=O)O)C(O)/C=C/CCCCCCCCCCCCCCCCCC. The molecule has 0 aromatic carbocycles. The Morgan fingerprint density at radius 3 is 1.29 bits per heavy atom. The van der Waals surface area contributed by atoms with E-state index in [0.717, 1.165) is 57.8 Å². The molecule has 2 atom stereocenters. The Balaban J connectivity index is 3.91. The van der Waals surface area contributed by atoms with Gasteiger partial charge in [-0.1, -0.05) is 198 Å². The molecular formula is C44H83NO5S. The van der Waals surface area contributed by atoms with Gasteiger partial charge in [-0.05, 0) is 51.4 Å². The largest absolute Gasteiger partial charge is 0.387 e. The van der Waals surface area contributed by atoms with Crippen LogP contribution >= 0.6 is 0 Å². The van der Waals surface area contributed by atoms with Crippen LogP contribution < -0.4 is 5.32 Å². The summed E-state index contributed by atoms with van der Waals surface area (Å²) in [7, 11) is -4.35. The molecule has 0 saturated carbocycles. The van der Waals surface area contributed by atoms with Gasteiger partial charge in [-0.25, -0.2) is 0 Å². The second-order valence-electron chi connectivity index (χ2n) is 15.0. The highest BCUT2D eigenvalue weighted by Gasteiger charge is 2.24. The molecule has 0 spiro atoms. The molecule has 0 aliphatic rings. The molecule has 0 aromatic rings. The lowest BCUT2D eigenvalue weighted by Gasteiger charge is -2.21. The average Bonchev–Trinajstić information content (AvgIpc) is 3.09. The van der Waals surface area contributed by atoms with Gasteiger partial charge in [0.15, 0.2) is 0 Å². The van der Waals surface area contributed by atoms with Crippen molar-refractivity contribution in [3.63, 3.8) is 0 Å². The molecule has 51 heavy (non-hydrogen) atoms. The Kier molecular flexibility index (Phi) is 37.2. The van der Waals surface area contributed by atoms with E-state index in [1.54, 1.807) is 6.08 Å². The highest BCUT2D eigenvalue weighted by molar-refractivity contribution is 7.85. The van der Waals surface area contributed by atoms with Crippen LogP contribution in [0.2, 0.25) is 0 Å². The maximum absolute atomic E-state index is 12.5. The van der Waals surface area contributed by atoms with E-state index in [1.165, 1.54) is 141 Å². The van der Waals surface area contributed by atoms with Crippen LogP contribution in [0, 0.1) is 0 Å². The van der Waals surface area contributed by atoms with E-state index >= 15 is 0 Å². The summed E-state index contributed by atoms with van der Waals surface area (Å²) in [5, 5.41) is 13.2. The fraction of sp³-hybridized carbons (Fsp3) is 0.841. The molecule has 0 radical (unpaired) electrons. The second kappa shape index (κ2) is 38.3. The number of aliphatic hydroxyl groups excluding tert-OH is 1. The third-order valence-electron chi connectivity index (χ3n) is 9.81. The molecular weight excluding hydrogens is 655 g/mol. The van der Waals surface area contributed by atoms with Crippen LogP contribution in [0.3, 0.4) is 0 Å². The van der Waals surface area contributed by atoms with Crippen molar-refractivity contribution in [2.45, 2.75) is 231 Å². The predicted octanol–water partition coefficient (Wildman–Crippen LogP) is 12.9. The molecule has 300 valence electrons. The highest BCUT2D eigenvalue weighted by Crippen LogP contribution is 2.15. The first-order valence-electron chi connectivity index (χ1n) is 21.7. The third-order valence-corrected chi connectivity index (χ3v) is 10.6. The molecule has 0 fully saturated rings. The van der Waals surface area contributed by atoms with Crippen LogP contribution in [0.4, 0.5) is 0 Å². The molecule has 2 unspecified atom stereocenters. The molecule has 0 aliphatic carbocycles. The summed E-state index contributed by atoms with van der Waals surface area (Å²) in [5.41, 5.74) is 0. The monoisotopic (exact) mass is 738 g/mol. The van der Waals surface area contributed by atoms with Crippen molar-refractivity contribution in [3.05, 3.63) is 36.5 Å². The summed E-state index contributed by atoms with van der Waals surface area (Å²) < 4.78 is 32.5. The number of carbonyl (C=O) groups excluding carboxylic acids is 1. The number of hydrogen-bond acceptors (Lipinski definition) is 4. The molecule has 6 nitrogen and oxygen atoms in total. The van der Waals surface area contributed by atoms with Crippen molar-refractivity contribution in [3.8, 4) is 0 Å². The maximum Gasteiger partial charge on any atom is 0.267 e. The first kappa shape index (κ1) is 49.6. The zero-order valence-electron chi connectivity index (χ0n) is 33.5. The Hall–Kier alpha value is -1.44. The first-order chi connectivity index (χ1) is 24.8. The zero-order chi connectivity index (χ0) is 37.5. The molecule has 1 amide bonds.